The number of nitrogens with zero attached hydrogens (tertiary/aromatic N) is 2. The van der Waals surface area contributed by atoms with Crippen LogP contribution in [0.5, 0.6) is 5.75 Å². The van der Waals surface area contributed by atoms with Crippen molar-refractivity contribution >= 4 is 27.5 Å². The van der Waals surface area contributed by atoms with Crippen LogP contribution < -0.4 is 0 Å². The molecule has 0 amide bonds. The van der Waals surface area contributed by atoms with Gasteiger partial charge >= 0.3 is 6.18 Å². The summed E-state index contributed by atoms with van der Waals surface area (Å²) in [6.07, 6.45) is -4.65. The minimum absolute atomic E-state index is 0.241. The summed E-state index contributed by atoms with van der Waals surface area (Å²) in [5, 5.41) is 12.8. The van der Waals surface area contributed by atoms with Gasteiger partial charge in [0.15, 0.2) is 5.69 Å². The summed E-state index contributed by atoms with van der Waals surface area (Å²) in [5.41, 5.74) is -1.62. The van der Waals surface area contributed by atoms with Crippen molar-refractivity contribution in [1.82, 2.24) is 9.78 Å². The molecule has 0 bridgehead atoms. The largest absolute Gasteiger partial charge is 0.506 e. The average molecular weight is 374 g/mol. The lowest BCUT2D eigenvalue weighted by molar-refractivity contribution is -0.144. The van der Waals surface area contributed by atoms with Crippen LogP contribution in [0.15, 0.2) is 16.6 Å². The summed E-state index contributed by atoms with van der Waals surface area (Å²) in [4.78, 5) is 0. The molecule has 9 heteroatoms. The molecule has 0 aliphatic heterocycles. The normalized spacial score (nSPS) is 11.9. The summed E-state index contributed by atoms with van der Waals surface area (Å²) >= 11 is 8.28. The molecule has 108 valence electrons. The van der Waals surface area contributed by atoms with Gasteiger partial charge in [-0.05, 0) is 28.1 Å². The highest BCUT2D eigenvalue weighted by Gasteiger charge is 2.39. The van der Waals surface area contributed by atoms with Crippen LogP contribution in [0.4, 0.5) is 17.6 Å². The van der Waals surface area contributed by atoms with Gasteiger partial charge in [-0.2, -0.15) is 18.3 Å². The van der Waals surface area contributed by atoms with Gasteiger partial charge in [-0.25, -0.2) is 4.39 Å². The van der Waals surface area contributed by atoms with E-state index in [-0.39, 0.29) is 16.3 Å². The van der Waals surface area contributed by atoms with E-state index in [1.54, 1.807) is 0 Å². The van der Waals surface area contributed by atoms with E-state index < -0.39 is 27.9 Å². The number of hydrogen-bond acceptors (Lipinski definition) is 2. The van der Waals surface area contributed by atoms with Crippen LogP contribution in [0, 0.1) is 5.82 Å². The highest BCUT2D eigenvalue weighted by Crippen LogP contribution is 2.41. The molecule has 0 aliphatic carbocycles. The molecular formula is C11H6BrClF4N2O. The Hall–Kier alpha value is -1.28. The summed E-state index contributed by atoms with van der Waals surface area (Å²) in [6.45, 7) is 0. The second-order valence-corrected chi connectivity index (χ2v) is 5.12. The van der Waals surface area contributed by atoms with E-state index >= 15 is 0 Å². The summed E-state index contributed by atoms with van der Waals surface area (Å²) in [7, 11) is 1.09. The fourth-order valence-corrected chi connectivity index (χ4v) is 2.62. The Kier molecular flexibility index (Phi) is 3.72. The number of hydrogen-bond donors (Lipinski definition) is 1. The van der Waals surface area contributed by atoms with Gasteiger partial charge in [0.2, 0.25) is 0 Å². The number of aromatic nitrogens is 2. The maximum absolute atomic E-state index is 13.8. The van der Waals surface area contributed by atoms with Crippen molar-refractivity contribution < 1.29 is 22.7 Å². The average Bonchev–Trinajstić information content (AvgIpc) is 2.58. The van der Waals surface area contributed by atoms with Crippen LogP contribution >= 0.6 is 27.5 Å². The van der Waals surface area contributed by atoms with Crippen molar-refractivity contribution in [3.63, 3.8) is 0 Å². The number of benzene rings is 1. The molecule has 0 fully saturated rings. The van der Waals surface area contributed by atoms with E-state index in [9.17, 15) is 22.7 Å². The van der Waals surface area contributed by atoms with Crippen molar-refractivity contribution in [3.8, 4) is 17.0 Å². The molecule has 2 aromatic rings. The second-order valence-electron chi connectivity index (χ2n) is 3.92. The Balaban J connectivity index is 2.70. The van der Waals surface area contributed by atoms with E-state index in [2.05, 4.69) is 21.0 Å². The molecule has 1 heterocycles. The number of halogens is 6. The molecule has 1 aromatic heterocycles. The minimum atomic E-state index is -4.65. The number of aromatic hydroxyl groups is 1. The predicted octanol–water partition coefficient (Wildman–Crippen LogP) is 4.37. The van der Waals surface area contributed by atoms with Gasteiger partial charge in [0, 0.05) is 12.6 Å². The monoisotopic (exact) mass is 372 g/mol. The highest BCUT2D eigenvalue weighted by molar-refractivity contribution is 9.10. The van der Waals surface area contributed by atoms with E-state index in [1.807, 2.05) is 0 Å². The SMILES string of the molecule is Cn1nc(-c2cc(O)c(Cl)cc2F)c(Br)c1C(F)(F)F. The van der Waals surface area contributed by atoms with E-state index in [0.717, 1.165) is 19.2 Å². The van der Waals surface area contributed by atoms with Crippen LogP contribution in [-0.2, 0) is 13.2 Å². The van der Waals surface area contributed by atoms with Gasteiger partial charge in [0.1, 0.15) is 17.3 Å². The van der Waals surface area contributed by atoms with Gasteiger partial charge in [-0.3, -0.25) is 4.68 Å². The number of rotatable bonds is 1. The first-order valence-corrected chi connectivity index (χ1v) is 6.28. The molecule has 0 saturated carbocycles. The van der Waals surface area contributed by atoms with Crippen LogP contribution in [0.1, 0.15) is 5.69 Å². The third-order valence-corrected chi connectivity index (χ3v) is 3.60. The third-order valence-electron chi connectivity index (χ3n) is 2.55. The highest BCUT2D eigenvalue weighted by atomic mass is 79.9. The van der Waals surface area contributed by atoms with Crippen molar-refractivity contribution in [2.75, 3.05) is 0 Å². The Labute approximate surface area is 123 Å². The molecule has 20 heavy (non-hydrogen) atoms. The third kappa shape index (κ3) is 2.49. The van der Waals surface area contributed by atoms with Crippen molar-refractivity contribution in [1.29, 1.82) is 0 Å². The van der Waals surface area contributed by atoms with Crippen molar-refractivity contribution in [2.24, 2.45) is 7.05 Å². The predicted molar refractivity (Wildman–Crippen MR) is 68.0 cm³/mol. The van der Waals surface area contributed by atoms with Crippen LogP contribution in [-0.4, -0.2) is 14.9 Å². The first kappa shape index (κ1) is 15.1. The number of phenols is 1. The zero-order valence-corrected chi connectivity index (χ0v) is 12.1. The van der Waals surface area contributed by atoms with Gasteiger partial charge in [0.05, 0.1) is 9.50 Å². The van der Waals surface area contributed by atoms with Gasteiger partial charge in [-0.1, -0.05) is 11.6 Å². The van der Waals surface area contributed by atoms with E-state index in [0.29, 0.717) is 4.68 Å². The number of phenolic OH excluding ortho intramolecular Hbond substituents is 1. The first-order valence-electron chi connectivity index (χ1n) is 5.11. The topological polar surface area (TPSA) is 38.0 Å². The summed E-state index contributed by atoms with van der Waals surface area (Å²) < 4.78 is 52.4. The molecule has 0 atom stereocenters. The van der Waals surface area contributed by atoms with Gasteiger partial charge in [-0.15, -0.1) is 0 Å². The van der Waals surface area contributed by atoms with Crippen molar-refractivity contribution in [3.05, 3.63) is 33.1 Å². The Morgan fingerprint density at radius 3 is 2.45 bits per heavy atom. The Bertz CT molecular complexity index is 684. The van der Waals surface area contributed by atoms with Gasteiger partial charge < -0.3 is 5.11 Å². The molecule has 2 rings (SSSR count). The molecule has 0 saturated heterocycles. The minimum Gasteiger partial charge on any atom is -0.506 e. The zero-order chi connectivity index (χ0) is 15.2. The summed E-state index contributed by atoms with van der Waals surface area (Å²) in [5.74, 6) is -1.34. The number of aryl methyl sites for hydroxylation is 1. The van der Waals surface area contributed by atoms with Crippen LogP contribution in [0.2, 0.25) is 5.02 Å². The molecule has 3 nitrogen and oxygen atoms in total. The fraction of sp³-hybridized carbons (Fsp3) is 0.182. The Morgan fingerprint density at radius 1 is 1.35 bits per heavy atom. The lowest BCUT2D eigenvalue weighted by Gasteiger charge is -2.06. The van der Waals surface area contributed by atoms with Crippen molar-refractivity contribution in [2.45, 2.75) is 6.18 Å². The first-order chi connectivity index (χ1) is 9.12. The fourth-order valence-electron chi connectivity index (χ4n) is 1.70. The zero-order valence-electron chi connectivity index (χ0n) is 9.76. The molecule has 1 aromatic carbocycles. The maximum Gasteiger partial charge on any atom is 0.434 e. The molecule has 0 unspecified atom stereocenters. The van der Waals surface area contributed by atoms with Gasteiger partial charge in [0.25, 0.3) is 0 Å². The maximum atomic E-state index is 13.8. The summed E-state index contributed by atoms with van der Waals surface area (Å²) in [6, 6.07) is 1.73. The molecule has 0 radical (unpaired) electrons. The molecular weight excluding hydrogens is 367 g/mol. The van der Waals surface area contributed by atoms with E-state index in [1.165, 1.54) is 0 Å². The van der Waals surface area contributed by atoms with Crippen LogP contribution in [0.3, 0.4) is 0 Å². The molecule has 0 aliphatic rings. The smallest absolute Gasteiger partial charge is 0.434 e. The Morgan fingerprint density at radius 2 is 1.95 bits per heavy atom. The van der Waals surface area contributed by atoms with Crippen LogP contribution in [0.25, 0.3) is 11.3 Å². The van der Waals surface area contributed by atoms with E-state index in [4.69, 9.17) is 11.6 Å². The standard InChI is InChI=1S/C11H6BrClF4N2O/c1-19-10(11(15,16)17)8(12)9(18-19)4-2-7(20)5(13)3-6(4)14/h2-3,20H,1H3. The molecule has 0 spiro atoms. The lowest BCUT2D eigenvalue weighted by atomic mass is 10.1. The second kappa shape index (κ2) is 4.92. The lowest BCUT2D eigenvalue weighted by Crippen LogP contribution is -2.12. The molecule has 1 N–H and O–H groups in total. The number of alkyl halides is 3. The quantitative estimate of drug-likeness (QED) is 0.754.